The van der Waals surface area contributed by atoms with Crippen molar-refractivity contribution in [2.75, 3.05) is 18.0 Å². The molecule has 1 aromatic heterocycles. The number of nitrogens with zero attached hydrogens (tertiary/aromatic N) is 2. The van der Waals surface area contributed by atoms with Gasteiger partial charge in [0.1, 0.15) is 11.4 Å². The van der Waals surface area contributed by atoms with Gasteiger partial charge in [-0.1, -0.05) is 6.07 Å². The largest absolute Gasteiger partial charge is 0.450 e. The molecule has 6 nitrogen and oxygen atoms in total. The monoisotopic (exact) mass is 409 g/mol. The highest BCUT2D eigenvalue weighted by atomic mass is 19.1. The van der Waals surface area contributed by atoms with Gasteiger partial charge in [0, 0.05) is 48.7 Å². The van der Waals surface area contributed by atoms with Crippen molar-refractivity contribution in [3.8, 4) is 0 Å². The van der Waals surface area contributed by atoms with Crippen molar-refractivity contribution >= 4 is 17.6 Å². The van der Waals surface area contributed by atoms with Crippen LogP contribution in [0.25, 0.3) is 0 Å². The number of nitrogens with one attached hydrogen (secondary N) is 1. The minimum Gasteiger partial charge on any atom is -0.450 e. The Hall–Kier alpha value is -2.96. The van der Waals surface area contributed by atoms with E-state index in [4.69, 9.17) is 4.74 Å². The number of aromatic nitrogens is 1. The lowest BCUT2D eigenvalue weighted by Gasteiger charge is -2.36. The van der Waals surface area contributed by atoms with Gasteiger partial charge in [-0.15, -0.1) is 0 Å². The summed E-state index contributed by atoms with van der Waals surface area (Å²) in [5, 5.41) is 3.18. The number of carbonyl (C=O) groups is 2. The van der Waals surface area contributed by atoms with Gasteiger partial charge in [-0.2, -0.15) is 0 Å². The third-order valence-electron chi connectivity index (χ3n) is 6.69. The Bertz CT molecular complexity index is 987. The number of hydrogen-bond donors (Lipinski definition) is 1. The number of benzene rings is 1. The standard InChI is InChI=1S/C23H24FN3O3/c24-16-2-1-3-18(12-16)27-11-7-17(14-27)26-21(28)15-4-8-23(9-5-15)20-13-25-10-6-19(20)22(29)30-23/h1-3,6,10,12-13,15,17H,4-5,7-9,11,14H2,(H,26,28)/t15-,17-,23+/m0/s1. The van der Waals surface area contributed by atoms with Crippen LogP contribution in [0.4, 0.5) is 10.1 Å². The van der Waals surface area contributed by atoms with Crippen molar-refractivity contribution in [1.29, 1.82) is 0 Å². The van der Waals surface area contributed by atoms with Crippen molar-refractivity contribution < 1.29 is 18.7 Å². The van der Waals surface area contributed by atoms with Gasteiger partial charge in [-0.3, -0.25) is 9.78 Å². The molecule has 1 saturated carbocycles. The van der Waals surface area contributed by atoms with E-state index in [0.717, 1.165) is 24.2 Å². The molecule has 1 atom stereocenters. The lowest BCUT2D eigenvalue weighted by Crippen LogP contribution is -2.43. The maximum atomic E-state index is 13.5. The lowest BCUT2D eigenvalue weighted by molar-refractivity contribution is -0.128. The molecule has 5 rings (SSSR count). The van der Waals surface area contributed by atoms with E-state index in [1.165, 1.54) is 12.1 Å². The van der Waals surface area contributed by atoms with Gasteiger partial charge in [-0.05, 0) is 56.4 Å². The second kappa shape index (κ2) is 7.38. The molecule has 3 aliphatic rings. The minimum absolute atomic E-state index is 0.0610. The molecule has 2 aliphatic heterocycles. The van der Waals surface area contributed by atoms with E-state index in [1.54, 1.807) is 24.5 Å². The van der Waals surface area contributed by atoms with E-state index in [2.05, 4.69) is 15.2 Å². The summed E-state index contributed by atoms with van der Waals surface area (Å²) < 4.78 is 19.2. The Kier molecular flexibility index (Phi) is 4.68. The molecule has 7 heteroatoms. The molecule has 0 bridgehead atoms. The Balaban J connectivity index is 1.18. The molecule has 1 spiro atoms. The van der Waals surface area contributed by atoms with Crippen LogP contribution in [0.1, 0.15) is 48.0 Å². The molecule has 3 heterocycles. The number of esters is 1. The van der Waals surface area contributed by atoms with Gasteiger partial charge < -0.3 is 15.0 Å². The molecule has 1 saturated heterocycles. The molecule has 0 radical (unpaired) electrons. The number of hydrogen-bond acceptors (Lipinski definition) is 5. The summed E-state index contributed by atoms with van der Waals surface area (Å²) in [5.74, 6) is -0.566. The third kappa shape index (κ3) is 3.32. The fraction of sp³-hybridized carbons (Fsp3) is 0.435. The maximum Gasteiger partial charge on any atom is 0.339 e. The van der Waals surface area contributed by atoms with Gasteiger partial charge in [0.25, 0.3) is 0 Å². The maximum absolute atomic E-state index is 13.5. The second-order valence-corrected chi connectivity index (χ2v) is 8.50. The fourth-order valence-corrected chi connectivity index (χ4v) is 5.05. The summed E-state index contributed by atoms with van der Waals surface area (Å²) >= 11 is 0. The van der Waals surface area contributed by atoms with Crippen LogP contribution >= 0.6 is 0 Å². The quantitative estimate of drug-likeness (QED) is 0.789. The first-order chi connectivity index (χ1) is 14.5. The first kappa shape index (κ1) is 19.0. The topological polar surface area (TPSA) is 71.5 Å². The number of amides is 1. The second-order valence-electron chi connectivity index (χ2n) is 8.50. The highest BCUT2D eigenvalue weighted by Crippen LogP contribution is 2.47. The summed E-state index contributed by atoms with van der Waals surface area (Å²) in [6.07, 6.45) is 6.79. The average molecular weight is 409 g/mol. The van der Waals surface area contributed by atoms with Crippen LogP contribution in [0.2, 0.25) is 0 Å². The summed E-state index contributed by atoms with van der Waals surface area (Å²) in [5.41, 5.74) is 1.67. The van der Waals surface area contributed by atoms with E-state index in [9.17, 15) is 14.0 Å². The highest BCUT2D eigenvalue weighted by Gasteiger charge is 2.48. The van der Waals surface area contributed by atoms with E-state index in [-0.39, 0.29) is 29.7 Å². The lowest BCUT2D eigenvalue weighted by atomic mass is 9.75. The zero-order valence-corrected chi connectivity index (χ0v) is 16.6. The van der Waals surface area contributed by atoms with Crippen molar-refractivity contribution in [3.63, 3.8) is 0 Å². The zero-order valence-electron chi connectivity index (χ0n) is 16.6. The number of ether oxygens (including phenoxy) is 1. The average Bonchev–Trinajstić information content (AvgIpc) is 3.32. The van der Waals surface area contributed by atoms with Gasteiger partial charge >= 0.3 is 5.97 Å². The predicted octanol–water partition coefficient (Wildman–Crippen LogP) is 3.17. The van der Waals surface area contributed by atoms with E-state index >= 15 is 0 Å². The minimum atomic E-state index is -0.626. The fourth-order valence-electron chi connectivity index (χ4n) is 5.05. The third-order valence-corrected chi connectivity index (χ3v) is 6.69. The van der Waals surface area contributed by atoms with Crippen LogP contribution < -0.4 is 10.2 Å². The van der Waals surface area contributed by atoms with Crippen molar-refractivity contribution in [1.82, 2.24) is 10.3 Å². The normalized spacial score (nSPS) is 27.8. The van der Waals surface area contributed by atoms with Crippen LogP contribution in [0.15, 0.2) is 42.7 Å². The van der Waals surface area contributed by atoms with E-state index < -0.39 is 5.60 Å². The van der Waals surface area contributed by atoms with Crippen LogP contribution in [-0.2, 0) is 15.1 Å². The van der Waals surface area contributed by atoms with Crippen LogP contribution in [0.3, 0.4) is 0 Å². The Morgan fingerprint density at radius 1 is 1.23 bits per heavy atom. The molecule has 0 unspecified atom stereocenters. The SMILES string of the molecule is O=C1O[C@]2(CC[C@@H](C(=O)N[C@H]3CCN(c4cccc(F)c4)C3)CC2)c2cnccc21. The summed E-state index contributed by atoms with van der Waals surface area (Å²) in [4.78, 5) is 31.3. The molecular weight excluding hydrogens is 385 g/mol. The first-order valence-electron chi connectivity index (χ1n) is 10.5. The number of halogens is 1. The highest BCUT2D eigenvalue weighted by molar-refractivity contribution is 5.94. The Morgan fingerprint density at radius 3 is 2.87 bits per heavy atom. The number of pyridine rings is 1. The van der Waals surface area contributed by atoms with Gasteiger partial charge in [0.2, 0.25) is 5.91 Å². The van der Waals surface area contributed by atoms with Crippen LogP contribution in [-0.4, -0.2) is 36.0 Å². The molecule has 1 aromatic carbocycles. The molecule has 1 N–H and O–H groups in total. The molecule has 2 aromatic rings. The number of carbonyl (C=O) groups excluding carboxylic acids is 2. The molecular formula is C23H24FN3O3. The Labute approximate surface area is 174 Å². The van der Waals surface area contributed by atoms with Crippen molar-refractivity contribution in [2.45, 2.75) is 43.7 Å². The summed E-state index contributed by atoms with van der Waals surface area (Å²) in [6, 6.07) is 8.33. The van der Waals surface area contributed by atoms with Gasteiger partial charge in [-0.25, -0.2) is 9.18 Å². The predicted molar refractivity (Wildman–Crippen MR) is 108 cm³/mol. The number of fused-ring (bicyclic) bond motifs is 2. The number of rotatable bonds is 3. The van der Waals surface area contributed by atoms with E-state index in [1.807, 2.05) is 6.07 Å². The van der Waals surface area contributed by atoms with Gasteiger partial charge in [0.05, 0.1) is 5.56 Å². The molecule has 2 fully saturated rings. The number of anilines is 1. The van der Waals surface area contributed by atoms with Crippen molar-refractivity contribution in [2.24, 2.45) is 5.92 Å². The van der Waals surface area contributed by atoms with E-state index in [0.29, 0.717) is 37.8 Å². The first-order valence-corrected chi connectivity index (χ1v) is 10.5. The molecule has 30 heavy (non-hydrogen) atoms. The Morgan fingerprint density at radius 2 is 2.07 bits per heavy atom. The van der Waals surface area contributed by atoms with Crippen molar-refractivity contribution in [3.05, 3.63) is 59.7 Å². The van der Waals surface area contributed by atoms with Crippen LogP contribution in [0, 0.1) is 11.7 Å². The summed E-state index contributed by atoms with van der Waals surface area (Å²) in [7, 11) is 0. The van der Waals surface area contributed by atoms with Gasteiger partial charge in [0.15, 0.2) is 0 Å². The zero-order chi connectivity index (χ0) is 20.7. The smallest absolute Gasteiger partial charge is 0.339 e. The molecule has 1 aliphatic carbocycles. The molecule has 1 amide bonds. The van der Waals surface area contributed by atoms with Crippen LogP contribution in [0.5, 0.6) is 0 Å². The summed E-state index contributed by atoms with van der Waals surface area (Å²) in [6.45, 7) is 1.48. The molecule has 156 valence electrons.